The molecule has 1 aliphatic heterocycles. The highest BCUT2D eigenvalue weighted by atomic mass is 35.5. The van der Waals surface area contributed by atoms with Gasteiger partial charge in [0.2, 0.25) is 5.91 Å². The summed E-state index contributed by atoms with van der Waals surface area (Å²) < 4.78 is 0. The highest BCUT2D eigenvalue weighted by Crippen LogP contribution is 2.29. The van der Waals surface area contributed by atoms with E-state index in [4.69, 9.17) is 5.73 Å². The first-order chi connectivity index (χ1) is 11.7. The van der Waals surface area contributed by atoms with E-state index in [1.165, 1.54) is 0 Å². The molecule has 2 aliphatic rings. The number of halogens is 3. The van der Waals surface area contributed by atoms with Crippen molar-refractivity contribution in [2.45, 2.75) is 38.6 Å². The van der Waals surface area contributed by atoms with E-state index in [1.807, 2.05) is 18.2 Å². The molecule has 1 heterocycles. The van der Waals surface area contributed by atoms with Gasteiger partial charge in [0, 0.05) is 38.6 Å². The van der Waals surface area contributed by atoms with Crippen LogP contribution >= 0.6 is 37.2 Å². The summed E-state index contributed by atoms with van der Waals surface area (Å²) in [6.07, 6.45) is 3.82. The number of anilines is 2. The first kappa shape index (κ1) is 26.3. The molecule has 1 saturated carbocycles. The quantitative estimate of drug-likeness (QED) is 0.736. The van der Waals surface area contributed by atoms with E-state index in [0.29, 0.717) is 12.3 Å². The third-order valence-corrected chi connectivity index (χ3v) is 5.50. The minimum absolute atomic E-state index is 0. The fraction of sp³-hybridized carbons (Fsp3) is 0.632. The van der Waals surface area contributed by atoms with Crippen molar-refractivity contribution in [3.8, 4) is 0 Å². The molecule has 1 aliphatic carbocycles. The molecule has 8 heteroatoms. The number of nitrogens with one attached hydrogen (secondary N) is 1. The molecule has 0 aromatic heterocycles. The van der Waals surface area contributed by atoms with Gasteiger partial charge in [0.1, 0.15) is 0 Å². The average Bonchev–Trinajstić information content (AvgIpc) is 3.00. The third kappa shape index (κ3) is 6.99. The van der Waals surface area contributed by atoms with Crippen molar-refractivity contribution < 1.29 is 4.79 Å². The number of benzene rings is 1. The van der Waals surface area contributed by atoms with Crippen LogP contribution in [0.25, 0.3) is 0 Å². The minimum atomic E-state index is 0. The molecule has 27 heavy (non-hydrogen) atoms. The highest BCUT2D eigenvalue weighted by molar-refractivity contribution is 5.94. The number of carbonyl (C=O) groups is 1. The van der Waals surface area contributed by atoms with Gasteiger partial charge in [0.05, 0.1) is 11.4 Å². The Bertz CT molecular complexity index is 568. The van der Waals surface area contributed by atoms with Crippen LogP contribution in [0.2, 0.25) is 0 Å². The maximum absolute atomic E-state index is 12.5. The molecule has 3 N–H and O–H groups in total. The lowest BCUT2D eigenvalue weighted by Gasteiger charge is -2.36. The van der Waals surface area contributed by atoms with Gasteiger partial charge in [-0.3, -0.25) is 4.79 Å². The molecule has 0 radical (unpaired) electrons. The highest BCUT2D eigenvalue weighted by Gasteiger charge is 2.26. The van der Waals surface area contributed by atoms with Gasteiger partial charge in [-0.1, -0.05) is 25.5 Å². The maximum Gasteiger partial charge on any atom is 0.224 e. The normalized spacial score (nSPS) is 22.2. The zero-order chi connectivity index (χ0) is 16.9. The smallest absolute Gasteiger partial charge is 0.224 e. The summed E-state index contributed by atoms with van der Waals surface area (Å²) in [6.45, 7) is 7.49. The van der Waals surface area contributed by atoms with Gasteiger partial charge in [0.15, 0.2) is 0 Å². The maximum atomic E-state index is 12.5. The van der Waals surface area contributed by atoms with E-state index in [0.717, 1.165) is 63.4 Å². The molecule has 1 saturated heterocycles. The predicted octanol–water partition coefficient (Wildman–Crippen LogP) is 3.55. The zero-order valence-corrected chi connectivity index (χ0v) is 18.4. The monoisotopic (exact) mass is 438 g/mol. The third-order valence-electron chi connectivity index (χ3n) is 5.50. The molecular formula is C19H33Cl3N4O. The molecule has 5 nitrogen and oxygen atoms in total. The fourth-order valence-electron chi connectivity index (χ4n) is 3.92. The van der Waals surface area contributed by atoms with Gasteiger partial charge in [-0.05, 0) is 37.4 Å². The summed E-state index contributed by atoms with van der Waals surface area (Å²) in [5, 5.41) is 3.13. The van der Waals surface area contributed by atoms with Gasteiger partial charge < -0.3 is 20.9 Å². The van der Waals surface area contributed by atoms with Crippen molar-refractivity contribution in [2.75, 3.05) is 42.9 Å². The van der Waals surface area contributed by atoms with Crippen molar-refractivity contribution in [1.29, 1.82) is 0 Å². The SMILES string of the molecule is CCN1CCN(c2ccccc2NC(=O)C[C@@H]2CCC[C@H]2N)CC1.Cl.Cl.Cl. The van der Waals surface area contributed by atoms with Crippen LogP contribution in [-0.4, -0.2) is 49.6 Å². The van der Waals surface area contributed by atoms with Crippen LogP contribution in [0, 0.1) is 5.92 Å². The fourth-order valence-corrected chi connectivity index (χ4v) is 3.92. The van der Waals surface area contributed by atoms with Crippen molar-refractivity contribution in [1.82, 2.24) is 4.90 Å². The minimum Gasteiger partial charge on any atom is -0.367 e. The van der Waals surface area contributed by atoms with Crippen LogP contribution < -0.4 is 16.0 Å². The molecule has 2 fully saturated rings. The summed E-state index contributed by atoms with van der Waals surface area (Å²) in [5.41, 5.74) is 8.17. The second-order valence-electron chi connectivity index (χ2n) is 7.05. The van der Waals surface area contributed by atoms with Crippen molar-refractivity contribution in [3.63, 3.8) is 0 Å². The van der Waals surface area contributed by atoms with Crippen molar-refractivity contribution in [3.05, 3.63) is 24.3 Å². The van der Waals surface area contributed by atoms with Crippen LogP contribution in [-0.2, 0) is 4.79 Å². The van der Waals surface area contributed by atoms with E-state index in [1.54, 1.807) is 0 Å². The Labute approximate surface area is 181 Å². The largest absolute Gasteiger partial charge is 0.367 e. The Kier molecular flexibility index (Phi) is 12.3. The number of para-hydroxylation sites is 2. The number of nitrogens with two attached hydrogens (primary N) is 1. The number of hydrogen-bond acceptors (Lipinski definition) is 4. The molecule has 1 aromatic carbocycles. The number of likely N-dealkylation sites (N-methyl/N-ethyl adjacent to an activating group) is 1. The summed E-state index contributed by atoms with van der Waals surface area (Å²) in [7, 11) is 0. The predicted molar refractivity (Wildman–Crippen MR) is 121 cm³/mol. The summed E-state index contributed by atoms with van der Waals surface area (Å²) in [5.74, 6) is 0.433. The van der Waals surface area contributed by atoms with Crippen LogP contribution in [0.4, 0.5) is 11.4 Å². The molecule has 0 spiro atoms. The second kappa shape index (κ2) is 12.7. The Morgan fingerprint density at radius 2 is 1.78 bits per heavy atom. The van der Waals surface area contributed by atoms with Crippen LogP contribution in [0.1, 0.15) is 32.6 Å². The van der Waals surface area contributed by atoms with Crippen LogP contribution in [0.5, 0.6) is 0 Å². The van der Waals surface area contributed by atoms with Gasteiger partial charge in [-0.2, -0.15) is 0 Å². The number of nitrogens with zero attached hydrogens (tertiary/aromatic N) is 2. The Morgan fingerprint density at radius 3 is 2.37 bits per heavy atom. The first-order valence-corrected chi connectivity index (χ1v) is 9.29. The first-order valence-electron chi connectivity index (χ1n) is 9.29. The lowest BCUT2D eigenvalue weighted by Crippen LogP contribution is -2.46. The summed E-state index contributed by atoms with van der Waals surface area (Å²) in [6, 6.07) is 8.34. The number of amides is 1. The van der Waals surface area contributed by atoms with E-state index in [2.05, 4.69) is 28.1 Å². The summed E-state index contributed by atoms with van der Waals surface area (Å²) >= 11 is 0. The van der Waals surface area contributed by atoms with Crippen molar-refractivity contribution in [2.24, 2.45) is 11.7 Å². The molecule has 0 bridgehead atoms. The number of rotatable bonds is 5. The van der Waals surface area contributed by atoms with Gasteiger partial charge in [-0.25, -0.2) is 0 Å². The number of carbonyl (C=O) groups excluding carboxylic acids is 1. The van der Waals surface area contributed by atoms with E-state index < -0.39 is 0 Å². The topological polar surface area (TPSA) is 61.6 Å². The van der Waals surface area contributed by atoms with E-state index in [-0.39, 0.29) is 49.2 Å². The van der Waals surface area contributed by atoms with Crippen LogP contribution in [0.3, 0.4) is 0 Å². The lowest BCUT2D eigenvalue weighted by molar-refractivity contribution is -0.117. The lowest BCUT2D eigenvalue weighted by atomic mass is 10.00. The molecular weight excluding hydrogens is 407 g/mol. The molecule has 1 aromatic rings. The van der Waals surface area contributed by atoms with Gasteiger partial charge in [0.25, 0.3) is 0 Å². The average molecular weight is 440 g/mol. The Hall–Kier alpha value is -0.720. The molecule has 3 rings (SSSR count). The Morgan fingerprint density at radius 1 is 1.11 bits per heavy atom. The van der Waals surface area contributed by atoms with E-state index in [9.17, 15) is 4.79 Å². The Balaban J connectivity index is 0.00000225. The second-order valence-corrected chi connectivity index (χ2v) is 7.05. The molecule has 2 atom stereocenters. The van der Waals surface area contributed by atoms with Gasteiger partial charge in [-0.15, -0.1) is 37.2 Å². The summed E-state index contributed by atoms with van der Waals surface area (Å²) in [4.78, 5) is 17.3. The number of hydrogen-bond donors (Lipinski definition) is 2. The number of piperazine rings is 1. The zero-order valence-electron chi connectivity index (χ0n) is 15.9. The molecule has 0 unspecified atom stereocenters. The van der Waals surface area contributed by atoms with E-state index >= 15 is 0 Å². The molecule has 1 amide bonds. The standard InChI is InChI=1S/C19H30N4O.3ClH/c1-2-22-10-12-23(13-11-22)18-9-4-3-8-17(18)21-19(24)14-15-6-5-7-16(15)20;;;/h3-4,8-9,15-16H,2,5-7,10-14,20H2,1H3,(H,21,24);3*1H/t15-,16+;;;/m0.../s1. The molecule has 156 valence electrons. The van der Waals surface area contributed by atoms with Crippen LogP contribution in [0.15, 0.2) is 24.3 Å². The van der Waals surface area contributed by atoms with Gasteiger partial charge >= 0.3 is 0 Å². The van der Waals surface area contributed by atoms with Crippen molar-refractivity contribution >= 4 is 54.5 Å².